The van der Waals surface area contributed by atoms with E-state index in [1.807, 2.05) is 0 Å². The van der Waals surface area contributed by atoms with E-state index in [9.17, 15) is 0 Å². The van der Waals surface area contributed by atoms with E-state index in [0.29, 0.717) is 6.04 Å². The van der Waals surface area contributed by atoms with Gasteiger partial charge in [-0.05, 0) is 43.2 Å². The Morgan fingerprint density at radius 1 is 0.684 bits per heavy atom. The minimum atomic E-state index is 0.0160. The Morgan fingerprint density at radius 3 is 1.87 bits per heavy atom. The first-order chi connectivity index (χ1) is 18.7. The predicted molar refractivity (Wildman–Crippen MR) is 164 cm³/mol. The largest absolute Gasteiger partial charge is 0.244 e. The van der Waals surface area contributed by atoms with Crippen LogP contribution in [0.4, 0.5) is 0 Å². The Kier molecular flexibility index (Phi) is 13.7. The highest BCUT2D eigenvalue weighted by Crippen LogP contribution is 2.41. The number of benzene rings is 2. The first kappa shape index (κ1) is 30.2. The van der Waals surface area contributed by atoms with E-state index >= 15 is 0 Å². The quantitative estimate of drug-likeness (QED) is 0.105. The van der Waals surface area contributed by atoms with E-state index in [4.69, 9.17) is 0 Å². The summed E-state index contributed by atoms with van der Waals surface area (Å²) in [5.41, 5.74) is 2.89. The Hall–Kier alpha value is -2.35. The highest BCUT2D eigenvalue weighted by molar-refractivity contribution is 5.30. The van der Waals surface area contributed by atoms with Gasteiger partial charge in [0, 0.05) is 5.41 Å². The number of unbranched alkanes of at least 4 members (excludes halogenated alkanes) is 11. The molecule has 1 aromatic heterocycles. The number of aromatic nitrogens is 2. The fourth-order valence-corrected chi connectivity index (χ4v) is 6.14. The van der Waals surface area contributed by atoms with Crippen LogP contribution in [0.1, 0.15) is 128 Å². The van der Waals surface area contributed by atoms with Crippen LogP contribution in [-0.4, -0.2) is 4.57 Å². The average Bonchev–Trinajstić information content (AvgIpc) is 3.41. The van der Waals surface area contributed by atoms with Crippen LogP contribution in [0.15, 0.2) is 79.4 Å². The molecule has 0 aliphatic heterocycles. The van der Waals surface area contributed by atoms with Gasteiger partial charge in [0.05, 0.1) is 6.54 Å². The Bertz CT molecular complexity index is 977. The Balaban J connectivity index is 1.73. The van der Waals surface area contributed by atoms with Gasteiger partial charge in [-0.25, -0.2) is 9.13 Å². The van der Waals surface area contributed by atoms with Gasteiger partial charge < -0.3 is 0 Å². The summed E-state index contributed by atoms with van der Waals surface area (Å²) in [7, 11) is 0. The van der Waals surface area contributed by atoms with Crippen LogP contribution in [0.25, 0.3) is 0 Å². The van der Waals surface area contributed by atoms with Gasteiger partial charge >= 0.3 is 0 Å². The summed E-state index contributed by atoms with van der Waals surface area (Å²) in [6.07, 6.45) is 27.0. The maximum Gasteiger partial charge on any atom is 0.244 e. The maximum absolute atomic E-state index is 2.55. The van der Waals surface area contributed by atoms with E-state index in [-0.39, 0.29) is 5.41 Å². The fourth-order valence-electron chi connectivity index (χ4n) is 6.14. The van der Waals surface area contributed by atoms with Gasteiger partial charge in [-0.3, -0.25) is 0 Å². The third-order valence-corrected chi connectivity index (χ3v) is 8.51. The summed E-state index contributed by atoms with van der Waals surface area (Å²) < 4.78 is 4.96. The molecule has 2 atom stereocenters. The number of nitrogens with zero attached hydrogens (tertiary/aromatic N) is 2. The summed E-state index contributed by atoms with van der Waals surface area (Å²) in [4.78, 5) is 0. The summed E-state index contributed by atoms with van der Waals surface area (Å²) in [5.74, 6) is 0. The van der Waals surface area contributed by atoms with Crippen molar-refractivity contribution in [2.24, 2.45) is 0 Å². The lowest BCUT2D eigenvalue weighted by molar-refractivity contribution is -0.697. The number of aryl methyl sites for hydroxylation is 1. The maximum atomic E-state index is 2.55. The lowest BCUT2D eigenvalue weighted by atomic mass is 9.70. The predicted octanol–water partition coefficient (Wildman–Crippen LogP) is 10.0. The molecule has 2 aromatic carbocycles. The van der Waals surface area contributed by atoms with E-state index in [1.54, 1.807) is 0 Å². The number of imidazole rings is 1. The molecule has 0 bridgehead atoms. The van der Waals surface area contributed by atoms with Crippen molar-refractivity contribution in [3.8, 4) is 0 Å². The second kappa shape index (κ2) is 17.3. The molecule has 38 heavy (non-hydrogen) atoms. The van der Waals surface area contributed by atoms with Crippen molar-refractivity contribution in [1.29, 1.82) is 0 Å². The molecular weight excluding hydrogens is 460 g/mol. The highest BCUT2D eigenvalue weighted by atomic mass is 15.1. The molecule has 0 saturated heterocycles. The summed E-state index contributed by atoms with van der Waals surface area (Å²) in [5, 5.41) is 0. The van der Waals surface area contributed by atoms with E-state index in [0.717, 1.165) is 13.0 Å². The minimum absolute atomic E-state index is 0.0160. The van der Waals surface area contributed by atoms with Crippen LogP contribution in [0.5, 0.6) is 0 Å². The van der Waals surface area contributed by atoms with Crippen LogP contribution in [0, 0.1) is 0 Å². The van der Waals surface area contributed by atoms with E-state index in [2.05, 4.69) is 109 Å². The average molecular weight is 516 g/mol. The summed E-state index contributed by atoms with van der Waals surface area (Å²) >= 11 is 0. The van der Waals surface area contributed by atoms with Gasteiger partial charge in [-0.15, -0.1) is 0 Å². The zero-order valence-corrected chi connectivity index (χ0v) is 24.8. The van der Waals surface area contributed by atoms with Gasteiger partial charge in [0.1, 0.15) is 18.4 Å². The molecule has 0 fully saturated rings. The lowest BCUT2D eigenvalue weighted by Gasteiger charge is -2.37. The summed E-state index contributed by atoms with van der Waals surface area (Å²) in [6, 6.07) is 22.8. The zero-order chi connectivity index (χ0) is 26.9. The SMILES string of the molecule is CCCCCCCCCCCCC(n1cc[n+](CCCCC)c1)C(C)(Cc1ccccc1)c1ccccc1. The second-order valence-corrected chi connectivity index (χ2v) is 11.7. The van der Waals surface area contributed by atoms with Crippen molar-refractivity contribution in [2.75, 3.05) is 0 Å². The van der Waals surface area contributed by atoms with Crippen molar-refractivity contribution in [1.82, 2.24) is 4.57 Å². The molecule has 0 radical (unpaired) electrons. The normalized spacial score (nSPS) is 13.9. The first-order valence-corrected chi connectivity index (χ1v) is 15.8. The monoisotopic (exact) mass is 515 g/mol. The van der Waals surface area contributed by atoms with Crippen LogP contribution >= 0.6 is 0 Å². The third-order valence-electron chi connectivity index (χ3n) is 8.51. The molecule has 0 aliphatic rings. The van der Waals surface area contributed by atoms with Gasteiger partial charge in [-0.2, -0.15) is 0 Å². The second-order valence-electron chi connectivity index (χ2n) is 11.7. The molecule has 3 aromatic rings. The van der Waals surface area contributed by atoms with Crippen molar-refractivity contribution in [3.63, 3.8) is 0 Å². The molecule has 0 N–H and O–H groups in total. The molecular formula is C36H55N2+. The molecule has 0 aliphatic carbocycles. The molecule has 0 amide bonds. The third kappa shape index (κ3) is 9.75. The van der Waals surface area contributed by atoms with Crippen LogP contribution < -0.4 is 4.57 Å². The number of hydrogen-bond acceptors (Lipinski definition) is 0. The van der Waals surface area contributed by atoms with E-state index < -0.39 is 0 Å². The molecule has 2 heteroatoms. The van der Waals surface area contributed by atoms with Crippen molar-refractivity contribution in [3.05, 3.63) is 90.5 Å². The molecule has 2 nitrogen and oxygen atoms in total. The van der Waals surface area contributed by atoms with Crippen LogP contribution in [-0.2, 0) is 18.4 Å². The van der Waals surface area contributed by atoms with Gasteiger partial charge in [0.15, 0.2) is 0 Å². The van der Waals surface area contributed by atoms with E-state index in [1.165, 1.54) is 101 Å². The number of rotatable bonds is 20. The molecule has 208 valence electrons. The fraction of sp³-hybridized carbons (Fsp3) is 0.583. The number of hydrogen-bond donors (Lipinski definition) is 0. The first-order valence-electron chi connectivity index (χ1n) is 15.8. The van der Waals surface area contributed by atoms with Gasteiger partial charge in [-0.1, -0.05) is 146 Å². The highest BCUT2D eigenvalue weighted by Gasteiger charge is 2.40. The zero-order valence-electron chi connectivity index (χ0n) is 24.8. The molecule has 0 saturated carbocycles. The molecule has 0 spiro atoms. The summed E-state index contributed by atoms with van der Waals surface area (Å²) in [6.45, 7) is 8.22. The standard InChI is InChI=1S/C36H55N2/c1-4-6-8-9-10-11-12-13-14-21-27-35(38-30-29-37(32-38)28-22-7-5-2)36(3,34-25-19-16-20-26-34)31-33-23-17-15-18-24-33/h15-20,23-26,29-30,32,35H,4-14,21-22,27-28,31H2,1-3H3/q+1. The van der Waals surface area contributed by atoms with Crippen LogP contribution in [0.3, 0.4) is 0 Å². The topological polar surface area (TPSA) is 8.81 Å². The van der Waals surface area contributed by atoms with Crippen LogP contribution in [0.2, 0.25) is 0 Å². The smallest absolute Gasteiger partial charge is 0.237 e. The molecule has 3 rings (SSSR count). The minimum Gasteiger partial charge on any atom is -0.237 e. The molecule has 1 heterocycles. The van der Waals surface area contributed by atoms with Crippen molar-refractivity contribution in [2.45, 2.75) is 135 Å². The van der Waals surface area contributed by atoms with Crippen molar-refractivity contribution >= 4 is 0 Å². The molecule has 2 unspecified atom stereocenters. The lowest BCUT2D eigenvalue weighted by Crippen LogP contribution is -2.38. The van der Waals surface area contributed by atoms with Gasteiger partial charge in [0.25, 0.3) is 0 Å². The van der Waals surface area contributed by atoms with Crippen molar-refractivity contribution < 1.29 is 4.57 Å². The Morgan fingerprint density at radius 2 is 1.24 bits per heavy atom. The van der Waals surface area contributed by atoms with Gasteiger partial charge in [0.2, 0.25) is 6.33 Å². The Labute approximate surface area is 234 Å².